The molecule has 1 N–H and O–H groups in total. The Morgan fingerprint density at radius 2 is 2.18 bits per heavy atom. The summed E-state index contributed by atoms with van der Waals surface area (Å²) in [7, 11) is 1.89. The Hall–Kier alpha value is -0.650. The van der Waals surface area contributed by atoms with Crippen molar-refractivity contribution in [2.75, 3.05) is 40.0 Å². The molecule has 17 heavy (non-hydrogen) atoms. The number of nitrogens with one attached hydrogen (secondary N) is 1. The van der Waals surface area contributed by atoms with Crippen molar-refractivity contribution < 1.29 is 14.3 Å². The van der Waals surface area contributed by atoms with Crippen molar-refractivity contribution in [2.24, 2.45) is 0 Å². The van der Waals surface area contributed by atoms with Gasteiger partial charge in [-0.2, -0.15) is 0 Å². The van der Waals surface area contributed by atoms with E-state index in [1.54, 1.807) is 0 Å². The van der Waals surface area contributed by atoms with Gasteiger partial charge in [0.2, 0.25) is 0 Å². The zero-order chi connectivity index (χ0) is 12.1. The maximum atomic E-state index is 12.2. The molecule has 2 unspecified atom stereocenters. The topological polar surface area (TPSA) is 50.8 Å². The van der Waals surface area contributed by atoms with Gasteiger partial charge in [0, 0.05) is 13.1 Å². The zero-order valence-electron chi connectivity index (χ0n) is 10.5. The third-order valence-electron chi connectivity index (χ3n) is 3.53. The van der Waals surface area contributed by atoms with E-state index in [1.165, 1.54) is 0 Å². The summed E-state index contributed by atoms with van der Waals surface area (Å²) in [6, 6.07) is 0.336. The van der Waals surface area contributed by atoms with Crippen LogP contribution in [0.5, 0.6) is 0 Å². The highest BCUT2D eigenvalue weighted by atomic mass is 16.6. The molecule has 98 valence electrons. The van der Waals surface area contributed by atoms with Crippen molar-refractivity contribution in [3.05, 3.63) is 0 Å². The van der Waals surface area contributed by atoms with Crippen LogP contribution in [0.25, 0.3) is 0 Å². The zero-order valence-corrected chi connectivity index (χ0v) is 10.5. The number of hydrogen-bond donors (Lipinski definition) is 1. The summed E-state index contributed by atoms with van der Waals surface area (Å²) >= 11 is 0. The third kappa shape index (κ3) is 3.40. The second-order valence-electron chi connectivity index (χ2n) is 4.72. The molecule has 2 saturated heterocycles. The van der Waals surface area contributed by atoms with Gasteiger partial charge >= 0.3 is 0 Å². The van der Waals surface area contributed by atoms with Crippen LogP contribution in [0.3, 0.4) is 0 Å². The van der Waals surface area contributed by atoms with Gasteiger partial charge in [-0.1, -0.05) is 0 Å². The Labute approximate surface area is 102 Å². The minimum atomic E-state index is -0.398. The summed E-state index contributed by atoms with van der Waals surface area (Å²) in [4.78, 5) is 14.1. The summed E-state index contributed by atoms with van der Waals surface area (Å²) in [5.74, 6) is 0.0663. The first-order chi connectivity index (χ1) is 8.29. The molecule has 0 aromatic carbocycles. The van der Waals surface area contributed by atoms with E-state index >= 15 is 0 Å². The number of carbonyl (C=O) groups is 1. The molecule has 0 saturated carbocycles. The van der Waals surface area contributed by atoms with Crippen molar-refractivity contribution in [1.82, 2.24) is 10.2 Å². The van der Waals surface area contributed by atoms with Gasteiger partial charge in [0.1, 0.15) is 0 Å². The lowest BCUT2D eigenvalue weighted by molar-refractivity contribution is -0.158. The van der Waals surface area contributed by atoms with Gasteiger partial charge in [-0.15, -0.1) is 0 Å². The predicted octanol–water partition coefficient (Wildman–Crippen LogP) is 0.00230. The van der Waals surface area contributed by atoms with Crippen LogP contribution in [0.4, 0.5) is 0 Å². The number of amides is 1. The van der Waals surface area contributed by atoms with Crippen LogP contribution in [-0.4, -0.2) is 62.9 Å². The monoisotopic (exact) mass is 242 g/mol. The van der Waals surface area contributed by atoms with Crippen LogP contribution in [0.1, 0.15) is 19.3 Å². The number of rotatable bonds is 2. The molecule has 2 aliphatic heterocycles. The SMILES string of the molecule is CN(C(=O)C1COCCO1)C1CCCNCC1. The predicted molar refractivity (Wildman–Crippen MR) is 63.8 cm³/mol. The van der Waals surface area contributed by atoms with Crippen LogP contribution < -0.4 is 5.32 Å². The summed E-state index contributed by atoms with van der Waals surface area (Å²) in [5, 5.41) is 3.36. The second-order valence-corrected chi connectivity index (χ2v) is 4.72. The van der Waals surface area contributed by atoms with Crippen LogP contribution in [0.2, 0.25) is 0 Å². The quantitative estimate of drug-likeness (QED) is 0.740. The standard InChI is InChI=1S/C12H22N2O3/c1-14(10-3-2-5-13-6-4-10)12(15)11-9-16-7-8-17-11/h10-11,13H,2-9H2,1H3. The van der Waals surface area contributed by atoms with Crippen molar-refractivity contribution >= 4 is 5.91 Å². The van der Waals surface area contributed by atoms with Gasteiger partial charge in [0.05, 0.1) is 19.8 Å². The minimum absolute atomic E-state index is 0.0663. The van der Waals surface area contributed by atoms with Gasteiger partial charge in [-0.25, -0.2) is 0 Å². The fourth-order valence-corrected chi connectivity index (χ4v) is 2.43. The molecule has 2 rings (SSSR count). The van der Waals surface area contributed by atoms with E-state index in [-0.39, 0.29) is 5.91 Å². The summed E-state index contributed by atoms with van der Waals surface area (Å²) in [6.07, 6.45) is 2.83. The number of hydrogen-bond acceptors (Lipinski definition) is 4. The summed E-state index contributed by atoms with van der Waals surface area (Å²) < 4.78 is 10.7. The lowest BCUT2D eigenvalue weighted by Gasteiger charge is -2.32. The fourth-order valence-electron chi connectivity index (χ4n) is 2.43. The van der Waals surface area contributed by atoms with Gasteiger partial charge in [0.15, 0.2) is 6.10 Å². The van der Waals surface area contributed by atoms with Gasteiger partial charge in [-0.05, 0) is 32.4 Å². The first kappa shape index (κ1) is 12.8. The Balaban J connectivity index is 1.88. The van der Waals surface area contributed by atoms with Crippen molar-refractivity contribution in [2.45, 2.75) is 31.4 Å². The largest absolute Gasteiger partial charge is 0.376 e. The minimum Gasteiger partial charge on any atom is -0.376 e. The highest BCUT2D eigenvalue weighted by molar-refractivity contribution is 5.81. The average Bonchev–Trinajstić information content (AvgIpc) is 2.67. The Kier molecular flexibility index (Phi) is 4.76. The molecule has 0 aliphatic carbocycles. The summed E-state index contributed by atoms with van der Waals surface area (Å²) in [6.45, 7) is 3.57. The van der Waals surface area contributed by atoms with Crippen LogP contribution in [0.15, 0.2) is 0 Å². The lowest BCUT2D eigenvalue weighted by atomic mass is 10.1. The first-order valence-corrected chi connectivity index (χ1v) is 6.46. The maximum absolute atomic E-state index is 12.2. The molecular formula is C12H22N2O3. The smallest absolute Gasteiger partial charge is 0.254 e. The molecule has 5 nitrogen and oxygen atoms in total. The number of nitrogens with zero attached hydrogens (tertiary/aromatic N) is 1. The van der Waals surface area contributed by atoms with E-state index in [4.69, 9.17) is 9.47 Å². The van der Waals surface area contributed by atoms with Crippen LogP contribution in [-0.2, 0) is 14.3 Å². The van der Waals surface area contributed by atoms with Gasteiger partial charge in [-0.3, -0.25) is 4.79 Å². The van der Waals surface area contributed by atoms with Crippen molar-refractivity contribution in [3.8, 4) is 0 Å². The summed E-state index contributed by atoms with van der Waals surface area (Å²) in [5.41, 5.74) is 0. The van der Waals surface area contributed by atoms with Crippen molar-refractivity contribution in [1.29, 1.82) is 0 Å². The average molecular weight is 242 g/mol. The number of ether oxygens (including phenoxy) is 2. The van der Waals surface area contributed by atoms with Crippen molar-refractivity contribution in [3.63, 3.8) is 0 Å². The molecule has 1 amide bonds. The first-order valence-electron chi connectivity index (χ1n) is 6.46. The van der Waals surface area contributed by atoms with E-state index in [0.29, 0.717) is 25.9 Å². The molecule has 0 spiro atoms. The maximum Gasteiger partial charge on any atom is 0.254 e. The molecule has 5 heteroatoms. The van der Waals surface area contributed by atoms with E-state index in [1.807, 2.05) is 11.9 Å². The highest BCUT2D eigenvalue weighted by Crippen LogP contribution is 2.14. The Bertz CT molecular complexity index is 246. The number of likely N-dealkylation sites (N-methyl/N-ethyl adjacent to an activating group) is 1. The van der Waals surface area contributed by atoms with Crippen LogP contribution >= 0.6 is 0 Å². The molecule has 2 atom stereocenters. The molecule has 2 fully saturated rings. The van der Waals surface area contributed by atoms with Gasteiger partial charge in [0.25, 0.3) is 5.91 Å². The van der Waals surface area contributed by atoms with E-state index in [2.05, 4.69) is 5.32 Å². The van der Waals surface area contributed by atoms with E-state index < -0.39 is 6.10 Å². The lowest BCUT2D eigenvalue weighted by Crippen LogP contribution is -2.47. The second kappa shape index (κ2) is 6.33. The molecular weight excluding hydrogens is 220 g/mol. The van der Waals surface area contributed by atoms with Gasteiger partial charge < -0.3 is 19.7 Å². The number of carbonyl (C=O) groups excluding carboxylic acids is 1. The third-order valence-corrected chi connectivity index (χ3v) is 3.53. The van der Waals surface area contributed by atoms with Crippen LogP contribution in [0, 0.1) is 0 Å². The molecule has 0 bridgehead atoms. The molecule has 0 radical (unpaired) electrons. The van der Waals surface area contributed by atoms with E-state index in [9.17, 15) is 4.79 Å². The Morgan fingerprint density at radius 1 is 1.29 bits per heavy atom. The Morgan fingerprint density at radius 3 is 2.94 bits per heavy atom. The fraction of sp³-hybridized carbons (Fsp3) is 0.917. The molecule has 0 aromatic rings. The van der Waals surface area contributed by atoms with E-state index in [0.717, 1.165) is 32.4 Å². The highest BCUT2D eigenvalue weighted by Gasteiger charge is 2.29. The normalized spacial score (nSPS) is 30.6. The molecule has 2 aliphatic rings. The molecule has 2 heterocycles. The molecule has 0 aromatic heterocycles.